The van der Waals surface area contributed by atoms with Crippen molar-refractivity contribution in [3.05, 3.63) is 53.5 Å². The summed E-state index contributed by atoms with van der Waals surface area (Å²) in [6, 6.07) is 14.6. The Morgan fingerprint density at radius 1 is 1.22 bits per heavy atom. The van der Waals surface area contributed by atoms with Gasteiger partial charge in [0.25, 0.3) is 0 Å². The molecule has 0 bridgehead atoms. The molecular formula is C18H21N5. The fraction of sp³-hybridized carbons (Fsp3) is 0.389. The van der Waals surface area contributed by atoms with Gasteiger partial charge in [-0.15, -0.1) is 0 Å². The monoisotopic (exact) mass is 307 g/mol. The van der Waals surface area contributed by atoms with Crippen LogP contribution in [0.5, 0.6) is 0 Å². The smallest absolute Gasteiger partial charge is 0.132 e. The van der Waals surface area contributed by atoms with Gasteiger partial charge >= 0.3 is 0 Å². The Labute approximate surface area is 136 Å². The molecule has 0 unspecified atom stereocenters. The van der Waals surface area contributed by atoms with Gasteiger partial charge < -0.3 is 10.6 Å². The van der Waals surface area contributed by atoms with Gasteiger partial charge in [0.05, 0.1) is 17.2 Å². The Balaban J connectivity index is 1.81. The molecule has 5 heteroatoms. The maximum atomic E-state index is 9.77. The van der Waals surface area contributed by atoms with Crippen LogP contribution < -0.4 is 10.6 Å². The van der Waals surface area contributed by atoms with Crippen molar-refractivity contribution in [3.63, 3.8) is 0 Å². The largest absolute Gasteiger partial charge is 0.356 e. The van der Waals surface area contributed by atoms with Gasteiger partial charge in [-0.2, -0.15) is 5.26 Å². The third kappa shape index (κ3) is 3.03. The number of hydrogen-bond donors (Lipinski definition) is 1. The Morgan fingerprint density at radius 2 is 1.91 bits per heavy atom. The highest BCUT2D eigenvalue weighted by atomic mass is 15.2. The lowest BCUT2D eigenvalue weighted by Crippen LogP contribution is -2.42. The highest BCUT2D eigenvalue weighted by Crippen LogP contribution is 2.36. The Hall–Kier alpha value is -2.45. The summed E-state index contributed by atoms with van der Waals surface area (Å²) >= 11 is 0. The zero-order valence-corrected chi connectivity index (χ0v) is 13.4. The maximum absolute atomic E-state index is 9.77. The van der Waals surface area contributed by atoms with Crippen LogP contribution in [0.15, 0.2) is 36.4 Å². The van der Waals surface area contributed by atoms with Gasteiger partial charge in [-0.25, -0.2) is 9.97 Å². The van der Waals surface area contributed by atoms with Gasteiger partial charge in [0.15, 0.2) is 0 Å². The minimum absolute atomic E-state index is 0.392. The highest BCUT2D eigenvalue weighted by molar-refractivity contribution is 5.43. The van der Waals surface area contributed by atoms with Crippen LogP contribution in [-0.2, 0) is 12.0 Å². The first-order chi connectivity index (χ1) is 11.2. The average Bonchev–Trinajstić information content (AvgIpc) is 2.62. The number of anilines is 1. The Bertz CT molecular complexity index is 712. The lowest BCUT2D eigenvalue weighted by atomic mass is 9.74. The fourth-order valence-electron chi connectivity index (χ4n) is 3.22. The summed E-state index contributed by atoms with van der Waals surface area (Å²) < 4.78 is 0. The van der Waals surface area contributed by atoms with Crippen molar-refractivity contribution in [2.24, 2.45) is 5.73 Å². The quantitative estimate of drug-likeness (QED) is 0.941. The molecule has 2 heterocycles. The molecule has 3 rings (SSSR count). The van der Waals surface area contributed by atoms with E-state index in [2.05, 4.69) is 33.1 Å². The van der Waals surface area contributed by atoms with E-state index in [0.29, 0.717) is 6.54 Å². The first kappa shape index (κ1) is 15.4. The van der Waals surface area contributed by atoms with Crippen molar-refractivity contribution >= 4 is 5.82 Å². The van der Waals surface area contributed by atoms with Gasteiger partial charge in [0, 0.05) is 25.7 Å². The standard InChI is InChI=1S/C18H21N5/c1-14-21-16(12-19)11-17(22-14)23-9-7-18(13-20,8-10-23)15-5-3-2-4-6-15/h2-6,11H,7-10,12,19H2,1H3. The maximum Gasteiger partial charge on any atom is 0.132 e. The second-order valence-corrected chi connectivity index (χ2v) is 6.02. The average molecular weight is 307 g/mol. The highest BCUT2D eigenvalue weighted by Gasteiger charge is 2.36. The van der Waals surface area contributed by atoms with Crippen molar-refractivity contribution in [1.29, 1.82) is 5.26 Å². The van der Waals surface area contributed by atoms with E-state index < -0.39 is 5.41 Å². The molecule has 1 aromatic heterocycles. The van der Waals surface area contributed by atoms with Gasteiger partial charge in [0.1, 0.15) is 11.6 Å². The summed E-state index contributed by atoms with van der Waals surface area (Å²) in [5.74, 6) is 1.65. The van der Waals surface area contributed by atoms with Crippen molar-refractivity contribution in [1.82, 2.24) is 9.97 Å². The van der Waals surface area contributed by atoms with Crippen LogP contribution >= 0.6 is 0 Å². The second kappa shape index (κ2) is 6.35. The minimum atomic E-state index is -0.392. The Kier molecular flexibility index (Phi) is 4.26. The third-order valence-electron chi connectivity index (χ3n) is 4.57. The van der Waals surface area contributed by atoms with Crippen LogP contribution in [0.1, 0.15) is 29.9 Å². The normalized spacial score (nSPS) is 16.8. The second-order valence-electron chi connectivity index (χ2n) is 6.02. The molecule has 1 saturated heterocycles. The number of piperidine rings is 1. The molecule has 0 atom stereocenters. The van der Waals surface area contributed by atoms with E-state index in [1.165, 1.54) is 0 Å². The van der Waals surface area contributed by atoms with Gasteiger partial charge in [-0.05, 0) is 25.3 Å². The zero-order chi connectivity index (χ0) is 16.3. The molecule has 0 aliphatic carbocycles. The van der Waals surface area contributed by atoms with Crippen LogP contribution in [0, 0.1) is 18.3 Å². The van der Waals surface area contributed by atoms with E-state index >= 15 is 0 Å². The molecule has 0 amide bonds. The van der Waals surface area contributed by atoms with Gasteiger partial charge in [0.2, 0.25) is 0 Å². The molecule has 0 saturated carbocycles. The predicted molar refractivity (Wildman–Crippen MR) is 89.8 cm³/mol. The van der Waals surface area contributed by atoms with Crippen molar-refractivity contribution < 1.29 is 0 Å². The molecule has 1 aromatic carbocycles. The summed E-state index contributed by atoms with van der Waals surface area (Å²) in [7, 11) is 0. The molecule has 2 N–H and O–H groups in total. The molecule has 1 fully saturated rings. The number of nitrogens with zero attached hydrogens (tertiary/aromatic N) is 4. The van der Waals surface area contributed by atoms with E-state index in [1.807, 2.05) is 31.2 Å². The number of aryl methyl sites for hydroxylation is 1. The molecule has 1 aliphatic heterocycles. The number of aromatic nitrogens is 2. The van der Waals surface area contributed by atoms with Crippen LogP contribution in [0.2, 0.25) is 0 Å². The first-order valence-electron chi connectivity index (χ1n) is 7.93. The first-order valence-corrected chi connectivity index (χ1v) is 7.93. The summed E-state index contributed by atoms with van der Waals surface area (Å²) in [5.41, 5.74) is 7.28. The number of benzene rings is 1. The van der Waals surface area contributed by atoms with Crippen LogP contribution in [0.25, 0.3) is 0 Å². The number of nitriles is 1. The molecule has 1 aliphatic rings. The van der Waals surface area contributed by atoms with Crippen LogP contribution in [0.4, 0.5) is 5.82 Å². The van der Waals surface area contributed by atoms with Crippen LogP contribution in [0.3, 0.4) is 0 Å². The minimum Gasteiger partial charge on any atom is -0.356 e. The summed E-state index contributed by atoms with van der Waals surface area (Å²) in [4.78, 5) is 11.1. The van der Waals surface area contributed by atoms with Crippen molar-refractivity contribution in [2.45, 2.75) is 31.7 Å². The fourth-order valence-corrected chi connectivity index (χ4v) is 3.22. The predicted octanol–water partition coefficient (Wildman–Crippen LogP) is 2.31. The van der Waals surface area contributed by atoms with E-state index in [1.54, 1.807) is 0 Å². The molecular weight excluding hydrogens is 286 g/mol. The molecule has 118 valence electrons. The Morgan fingerprint density at radius 3 is 2.52 bits per heavy atom. The number of hydrogen-bond acceptors (Lipinski definition) is 5. The zero-order valence-electron chi connectivity index (χ0n) is 13.4. The van der Waals surface area contributed by atoms with E-state index in [-0.39, 0.29) is 0 Å². The summed E-state index contributed by atoms with van der Waals surface area (Å²) in [6.07, 6.45) is 1.60. The number of rotatable bonds is 3. The molecule has 23 heavy (non-hydrogen) atoms. The lowest BCUT2D eigenvalue weighted by molar-refractivity contribution is 0.414. The molecule has 0 spiro atoms. The van der Waals surface area contributed by atoms with Crippen molar-refractivity contribution in [3.8, 4) is 6.07 Å². The lowest BCUT2D eigenvalue weighted by Gasteiger charge is -2.38. The van der Waals surface area contributed by atoms with Crippen LogP contribution in [-0.4, -0.2) is 23.1 Å². The molecule has 5 nitrogen and oxygen atoms in total. The summed E-state index contributed by atoms with van der Waals surface area (Å²) in [6.45, 7) is 3.92. The van der Waals surface area contributed by atoms with Crippen molar-refractivity contribution in [2.75, 3.05) is 18.0 Å². The number of nitrogens with two attached hydrogens (primary N) is 1. The molecule has 0 radical (unpaired) electrons. The molecule has 2 aromatic rings. The van der Waals surface area contributed by atoms with Gasteiger partial charge in [-0.1, -0.05) is 30.3 Å². The topological polar surface area (TPSA) is 78.8 Å². The summed E-state index contributed by atoms with van der Waals surface area (Å²) in [5, 5.41) is 9.77. The van der Waals surface area contributed by atoms with E-state index in [0.717, 1.165) is 48.8 Å². The van der Waals surface area contributed by atoms with E-state index in [4.69, 9.17) is 5.73 Å². The van der Waals surface area contributed by atoms with Gasteiger partial charge in [-0.3, -0.25) is 0 Å². The third-order valence-corrected chi connectivity index (χ3v) is 4.57. The van der Waals surface area contributed by atoms with E-state index in [9.17, 15) is 5.26 Å². The SMILES string of the molecule is Cc1nc(CN)cc(N2CCC(C#N)(c3ccccc3)CC2)n1.